The van der Waals surface area contributed by atoms with Gasteiger partial charge in [-0.05, 0) is 6.42 Å². The lowest BCUT2D eigenvalue weighted by atomic mass is 10.1. The number of carbonyl (C=O) groups excluding carboxylic acids is 1. The molecule has 5 nitrogen and oxygen atoms in total. The lowest BCUT2D eigenvalue weighted by molar-refractivity contribution is -0.555. The average Bonchev–Trinajstić information content (AvgIpc) is 2.62. The molecule has 0 amide bonds. The predicted molar refractivity (Wildman–Crippen MR) is 99.4 cm³/mol. The third-order valence-corrected chi connectivity index (χ3v) is 4.25. The number of Topliss-reactive ketones (excluding diaryl/α,β-unsaturated/α-hetero) is 1. The molecule has 0 bridgehead atoms. The summed E-state index contributed by atoms with van der Waals surface area (Å²) >= 11 is 0. The summed E-state index contributed by atoms with van der Waals surface area (Å²) in [5.41, 5.74) is 0.312. The van der Waals surface area contributed by atoms with Gasteiger partial charge in [0.05, 0.1) is 11.5 Å². The van der Waals surface area contributed by atoms with Crippen molar-refractivity contribution in [3.05, 3.63) is 46.0 Å². The van der Waals surface area contributed by atoms with Gasteiger partial charge >= 0.3 is 6.23 Å². The van der Waals surface area contributed by atoms with Crippen LogP contribution in [0.25, 0.3) is 0 Å². The Bertz CT molecular complexity index is 490. The number of nitrogens with zero attached hydrogens (tertiary/aromatic N) is 1. The van der Waals surface area contributed by atoms with Gasteiger partial charge in [0.25, 0.3) is 5.78 Å². The van der Waals surface area contributed by atoms with Crippen LogP contribution in [-0.2, 0) is 4.74 Å². The van der Waals surface area contributed by atoms with E-state index in [0.717, 1.165) is 19.3 Å². The number of carbonyl (C=O) groups is 1. The normalized spacial score (nSPS) is 12.0. The lowest BCUT2D eigenvalue weighted by Crippen LogP contribution is -2.32. The second-order valence-electron chi connectivity index (χ2n) is 6.42. The number of benzene rings is 1. The van der Waals surface area contributed by atoms with Gasteiger partial charge in [0, 0.05) is 5.56 Å². The Labute approximate surface area is 150 Å². The molecule has 0 spiro atoms. The molecule has 0 aliphatic heterocycles. The maximum atomic E-state index is 12.1. The van der Waals surface area contributed by atoms with E-state index in [1.165, 1.54) is 44.9 Å². The van der Waals surface area contributed by atoms with Crippen LogP contribution in [0, 0.1) is 10.1 Å². The first-order chi connectivity index (χ1) is 12.2. The highest BCUT2D eigenvalue weighted by atomic mass is 16.7. The minimum Gasteiger partial charge on any atom is -0.311 e. The molecule has 1 unspecified atom stereocenters. The molecular weight excluding hydrogens is 318 g/mol. The van der Waals surface area contributed by atoms with Gasteiger partial charge in [0.15, 0.2) is 0 Å². The van der Waals surface area contributed by atoms with Gasteiger partial charge in [-0.15, -0.1) is 0 Å². The van der Waals surface area contributed by atoms with E-state index in [1.54, 1.807) is 30.3 Å². The monoisotopic (exact) mass is 349 g/mol. The average molecular weight is 349 g/mol. The Morgan fingerprint density at radius 2 is 1.48 bits per heavy atom. The Kier molecular flexibility index (Phi) is 11.5. The number of unbranched alkanes of at least 4 members (excludes halogenated alkanes) is 9. The summed E-state index contributed by atoms with van der Waals surface area (Å²) in [6.07, 6.45) is 10.3. The standard InChI is InChI=1S/C20H31NO4/c1-2-3-4-5-6-7-8-9-10-14-17-25-20(21(23)24)19(22)18-15-12-11-13-16-18/h11-13,15-16,20H,2-10,14,17H2,1H3. The highest BCUT2D eigenvalue weighted by Crippen LogP contribution is 2.12. The molecule has 0 fully saturated rings. The van der Waals surface area contributed by atoms with Crippen LogP contribution in [0.3, 0.4) is 0 Å². The summed E-state index contributed by atoms with van der Waals surface area (Å²) in [5, 5.41) is 11.1. The number of ketones is 1. The zero-order chi connectivity index (χ0) is 18.3. The van der Waals surface area contributed by atoms with Crippen molar-refractivity contribution < 1.29 is 14.5 Å². The number of nitro groups is 1. The molecule has 0 aromatic heterocycles. The fourth-order valence-corrected chi connectivity index (χ4v) is 2.76. The van der Waals surface area contributed by atoms with E-state index in [1.807, 2.05) is 0 Å². The van der Waals surface area contributed by atoms with Crippen LogP contribution in [-0.4, -0.2) is 23.5 Å². The van der Waals surface area contributed by atoms with Gasteiger partial charge in [-0.3, -0.25) is 14.9 Å². The van der Waals surface area contributed by atoms with Gasteiger partial charge in [-0.1, -0.05) is 95.0 Å². The van der Waals surface area contributed by atoms with Crippen molar-refractivity contribution in [1.29, 1.82) is 0 Å². The van der Waals surface area contributed by atoms with Crippen molar-refractivity contribution in [3.8, 4) is 0 Å². The zero-order valence-corrected chi connectivity index (χ0v) is 15.3. The van der Waals surface area contributed by atoms with Gasteiger partial charge in [-0.25, -0.2) is 0 Å². The number of hydrogen-bond donors (Lipinski definition) is 0. The fourth-order valence-electron chi connectivity index (χ4n) is 2.76. The molecular formula is C20H31NO4. The summed E-state index contributed by atoms with van der Waals surface area (Å²) < 4.78 is 5.24. The minimum atomic E-state index is -1.60. The Balaban J connectivity index is 2.14. The summed E-state index contributed by atoms with van der Waals surface area (Å²) in [6.45, 7) is 2.47. The molecule has 5 heteroatoms. The number of rotatable bonds is 15. The highest BCUT2D eigenvalue weighted by Gasteiger charge is 2.31. The van der Waals surface area contributed by atoms with Crippen molar-refractivity contribution >= 4 is 5.78 Å². The van der Waals surface area contributed by atoms with E-state index in [2.05, 4.69) is 6.92 Å². The first-order valence-electron chi connectivity index (χ1n) is 9.51. The first kappa shape index (κ1) is 21.3. The van der Waals surface area contributed by atoms with E-state index < -0.39 is 16.9 Å². The van der Waals surface area contributed by atoms with Crippen LogP contribution in [0.4, 0.5) is 0 Å². The molecule has 0 aliphatic rings. The van der Waals surface area contributed by atoms with Crippen molar-refractivity contribution in [2.24, 2.45) is 0 Å². The van der Waals surface area contributed by atoms with Crippen molar-refractivity contribution in [1.82, 2.24) is 0 Å². The first-order valence-corrected chi connectivity index (χ1v) is 9.51. The quantitative estimate of drug-likeness (QED) is 0.140. The molecule has 0 saturated carbocycles. The van der Waals surface area contributed by atoms with E-state index in [0.29, 0.717) is 5.56 Å². The second kappa shape index (κ2) is 13.5. The molecule has 0 heterocycles. The third-order valence-electron chi connectivity index (χ3n) is 4.25. The molecule has 25 heavy (non-hydrogen) atoms. The summed E-state index contributed by atoms with van der Waals surface area (Å²) in [5.74, 6) is -0.585. The minimum absolute atomic E-state index is 0.251. The molecule has 0 radical (unpaired) electrons. The van der Waals surface area contributed by atoms with Crippen LogP contribution in [0.2, 0.25) is 0 Å². The zero-order valence-electron chi connectivity index (χ0n) is 15.3. The second-order valence-corrected chi connectivity index (χ2v) is 6.42. The molecule has 1 rings (SSSR count). The Morgan fingerprint density at radius 1 is 0.960 bits per heavy atom. The van der Waals surface area contributed by atoms with Crippen LogP contribution in [0.1, 0.15) is 81.5 Å². The molecule has 0 saturated heterocycles. The molecule has 1 aromatic rings. The van der Waals surface area contributed by atoms with Crippen LogP contribution < -0.4 is 0 Å². The van der Waals surface area contributed by atoms with Gasteiger partial charge in [0.2, 0.25) is 0 Å². The lowest BCUT2D eigenvalue weighted by Gasteiger charge is -2.09. The molecule has 0 aliphatic carbocycles. The van der Waals surface area contributed by atoms with Gasteiger partial charge in [0.1, 0.15) is 0 Å². The van der Waals surface area contributed by atoms with Crippen molar-refractivity contribution in [3.63, 3.8) is 0 Å². The summed E-state index contributed by atoms with van der Waals surface area (Å²) in [4.78, 5) is 22.6. The molecule has 0 N–H and O–H groups in total. The molecule has 140 valence electrons. The van der Waals surface area contributed by atoms with E-state index in [4.69, 9.17) is 4.74 Å². The number of ether oxygens (including phenoxy) is 1. The van der Waals surface area contributed by atoms with E-state index >= 15 is 0 Å². The van der Waals surface area contributed by atoms with E-state index in [9.17, 15) is 14.9 Å². The maximum Gasteiger partial charge on any atom is 0.379 e. The molecule has 1 aromatic carbocycles. The summed E-state index contributed by atoms with van der Waals surface area (Å²) in [7, 11) is 0. The topological polar surface area (TPSA) is 69.4 Å². The van der Waals surface area contributed by atoms with Gasteiger partial charge < -0.3 is 4.74 Å². The van der Waals surface area contributed by atoms with Crippen molar-refractivity contribution in [2.75, 3.05) is 6.61 Å². The van der Waals surface area contributed by atoms with Crippen molar-refractivity contribution in [2.45, 2.75) is 77.4 Å². The van der Waals surface area contributed by atoms with E-state index in [-0.39, 0.29) is 6.61 Å². The Morgan fingerprint density at radius 3 is 2.00 bits per heavy atom. The SMILES string of the molecule is CCCCCCCCCCCCOC(C(=O)c1ccccc1)[N+](=O)[O-]. The number of hydrogen-bond acceptors (Lipinski definition) is 4. The largest absolute Gasteiger partial charge is 0.379 e. The fraction of sp³-hybridized carbons (Fsp3) is 0.650. The Hall–Kier alpha value is -1.75. The molecule has 1 atom stereocenters. The maximum absolute atomic E-state index is 12.1. The van der Waals surface area contributed by atoms with Crippen LogP contribution in [0.15, 0.2) is 30.3 Å². The third kappa shape index (κ3) is 9.34. The van der Waals surface area contributed by atoms with Crippen LogP contribution >= 0.6 is 0 Å². The summed E-state index contributed by atoms with van der Waals surface area (Å²) in [6, 6.07) is 8.28. The van der Waals surface area contributed by atoms with Crippen LogP contribution in [0.5, 0.6) is 0 Å². The highest BCUT2D eigenvalue weighted by molar-refractivity contribution is 5.98. The smallest absolute Gasteiger partial charge is 0.311 e. The predicted octanol–water partition coefficient (Wildman–Crippen LogP) is 5.41. The van der Waals surface area contributed by atoms with Gasteiger partial charge in [-0.2, -0.15) is 0 Å².